The van der Waals surface area contributed by atoms with Gasteiger partial charge in [-0.15, -0.1) is 0 Å². The minimum absolute atomic E-state index is 0.0233. The van der Waals surface area contributed by atoms with Gasteiger partial charge in [0.05, 0.1) is 11.3 Å². The molecule has 3 rings (SSSR count). The van der Waals surface area contributed by atoms with Gasteiger partial charge in [0, 0.05) is 17.9 Å². The van der Waals surface area contributed by atoms with Crippen molar-refractivity contribution in [3.05, 3.63) is 53.9 Å². The topological polar surface area (TPSA) is 91.4 Å². The first kappa shape index (κ1) is 15.7. The summed E-state index contributed by atoms with van der Waals surface area (Å²) in [7, 11) is 0. The third-order valence-electron chi connectivity index (χ3n) is 3.45. The van der Waals surface area contributed by atoms with Gasteiger partial charge in [0.1, 0.15) is 5.69 Å². The summed E-state index contributed by atoms with van der Waals surface area (Å²) in [5.74, 6) is -0.852. The number of benzene rings is 1. The maximum atomic E-state index is 12.4. The van der Waals surface area contributed by atoms with Crippen molar-refractivity contribution >= 4 is 29.2 Å². The van der Waals surface area contributed by atoms with Gasteiger partial charge in [-0.2, -0.15) is 0 Å². The first-order valence-corrected chi connectivity index (χ1v) is 7.49. The molecule has 0 saturated carbocycles. The molecule has 1 aliphatic rings. The Bertz CT molecular complexity index is 780. The normalized spacial score (nSPS) is 13.2. The van der Waals surface area contributed by atoms with Crippen LogP contribution >= 0.6 is 0 Å². The van der Waals surface area contributed by atoms with Crippen LogP contribution in [0.3, 0.4) is 0 Å². The number of nitrogens with zero attached hydrogens (tertiary/aromatic N) is 2. The predicted molar refractivity (Wildman–Crippen MR) is 89.1 cm³/mol. The number of anilines is 2. The van der Waals surface area contributed by atoms with Crippen molar-refractivity contribution in [3.63, 3.8) is 0 Å². The van der Waals surface area contributed by atoms with Gasteiger partial charge in [0.25, 0.3) is 11.8 Å². The maximum absolute atomic E-state index is 12.4. The molecule has 24 heavy (non-hydrogen) atoms. The van der Waals surface area contributed by atoms with Gasteiger partial charge < -0.3 is 10.6 Å². The molecular weight excluding hydrogens is 308 g/mol. The van der Waals surface area contributed by atoms with Crippen LogP contribution in [0.4, 0.5) is 16.2 Å². The number of rotatable bonds is 3. The summed E-state index contributed by atoms with van der Waals surface area (Å²) in [5.41, 5.74) is 1.44. The Labute approximate surface area is 138 Å². The van der Waals surface area contributed by atoms with E-state index in [2.05, 4.69) is 15.6 Å². The lowest BCUT2D eigenvalue weighted by Gasteiger charge is -2.15. The fourth-order valence-corrected chi connectivity index (χ4v) is 2.42. The second kappa shape index (κ2) is 6.11. The molecule has 0 bridgehead atoms. The molecule has 0 unspecified atom stereocenters. The van der Waals surface area contributed by atoms with Crippen LogP contribution in [0, 0.1) is 0 Å². The van der Waals surface area contributed by atoms with Crippen molar-refractivity contribution in [3.8, 4) is 0 Å². The van der Waals surface area contributed by atoms with Gasteiger partial charge in [-0.25, -0.2) is 9.69 Å². The van der Waals surface area contributed by atoms with E-state index in [4.69, 9.17) is 0 Å². The Morgan fingerprint density at radius 2 is 1.79 bits per heavy atom. The molecule has 2 N–H and O–H groups in total. The summed E-state index contributed by atoms with van der Waals surface area (Å²) in [6.45, 7) is 3.72. The van der Waals surface area contributed by atoms with Gasteiger partial charge in [-0.3, -0.25) is 14.6 Å². The molecule has 7 heteroatoms. The molecule has 2 aromatic rings. The van der Waals surface area contributed by atoms with Crippen molar-refractivity contribution in [1.82, 2.24) is 10.3 Å². The molecule has 1 aromatic carbocycles. The lowest BCUT2D eigenvalue weighted by atomic mass is 10.2. The van der Waals surface area contributed by atoms with Crippen LogP contribution in [0.2, 0.25) is 0 Å². The number of hydrogen-bond donors (Lipinski definition) is 2. The second-order valence-electron chi connectivity index (χ2n) is 5.65. The lowest BCUT2D eigenvalue weighted by Crippen LogP contribution is -2.34. The van der Waals surface area contributed by atoms with Crippen LogP contribution in [0.15, 0.2) is 42.6 Å². The van der Waals surface area contributed by atoms with Gasteiger partial charge in [-0.05, 0) is 50.2 Å². The summed E-state index contributed by atoms with van der Waals surface area (Å²) in [5, 5.41) is 5.39. The zero-order valence-corrected chi connectivity index (χ0v) is 13.2. The first-order chi connectivity index (χ1) is 11.5. The molecule has 0 fully saturated rings. The van der Waals surface area contributed by atoms with Crippen LogP contribution in [-0.2, 0) is 0 Å². The Balaban J connectivity index is 1.79. The number of urea groups is 1. The van der Waals surface area contributed by atoms with E-state index in [1.54, 1.807) is 36.4 Å². The molecular formula is C17H16N4O3. The Kier molecular flexibility index (Phi) is 3.99. The molecule has 0 radical (unpaired) electrons. The second-order valence-corrected chi connectivity index (χ2v) is 5.65. The van der Waals surface area contributed by atoms with Crippen molar-refractivity contribution in [2.75, 3.05) is 10.2 Å². The maximum Gasteiger partial charge on any atom is 0.319 e. The van der Waals surface area contributed by atoms with Crippen LogP contribution in [0.25, 0.3) is 0 Å². The summed E-state index contributed by atoms with van der Waals surface area (Å²) in [4.78, 5) is 41.5. The highest BCUT2D eigenvalue weighted by Gasteiger charge is 2.37. The largest absolute Gasteiger partial charge is 0.336 e. The number of pyridine rings is 1. The summed E-state index contributed by atoms with van der Waals surface area (Å²) in [6, 6.07) is 9.37. The number of imide groups is 1. The van der Waals surface area contributed by atoms with E-state index in [9.17, 15) is 14.4 Å². The Morgan fingerprint density at radius 1 is 1.08 bits per heavy atom. The molecule has 0 spiro atoms. The van der Waals surface area contributed by atoms with E-state index < -0.39 is 11.8 Å². The molecule has 0 atom stereocenters. The van der Waals surface area contributed by atoms with E-state index in [1.807, 2.05) is 13.8 Å². The van der Waals surface area contributed by atoms with Crippen molar-refractivity contribution in [2.24, 2.45) is 0 Å². The number of carbonyl (C=O) groups is 3. The third-order valence-corrected chi connectivity index (χ3v) is 3.45. The third kappa shape index (κ3) is 2.83. The van der Waals surface area contributed by atoms with E-state index in [0.29, 0.717) is 16.9 Å². The standard InChI is InChI=1S/C17H16N4O3/c1-10(2)19-17(24)20-11-5-7-12(8-6-11)21-15(22)13-4-3-9-18-14(13)16(21)23/h3-10H,1-2H3,(H2,19,20,24). The lowest BCUT2D eigenvalue weighted by molar-refractivity contribution is 0.0924. The van der Waals surface area contributed by atoms with E-state index in [0.717, 1.165) is 4.90 Å². The fourth-order valence-electron chi connectivity index (χ4n) is 2.42. The van der Waals surface area contributed by atoms with Crippen molar-refractivity contribution in [2.45, 2.75) is 19.9 Å². The van der Waals surface area contributed by atoms with Gasteiger partial charge in [-0.1, -0.05) is 0 Å². The summed E-state index contributed by atoms with van der Waals surface area (Å²) < 4.78 is 0. The average Bonchev–Trinajstić information content (AvgIpc) is 2.80. The molecule has 0 aliphatic carbocycles. The van der Waals surface area contributed by atoms with Crippen LogP contribution in [0.5, 0.6) is 0 Å². The Hall–Kier alpha value is -3.22. The molecule has 1 aliphatic heterocycles. The van der Waals surface area contributed by atoms with E-state index >= 15 is 0 Å². The quantitative estimate of drug-likeness (QED) is 0.848. The predicted octanol–water partition coefficient (Wildman–Crippen LogP) is 2.41. The molecule has 122 valence electrons. The zero-order chi connectivity index (χ0) is 17.3. The number of aromatic nitrogens is 1. The van der Waals surface area contributed by atoms with Gasteiger partial charge >= 0.3 is 6.03 Å². The molecule has 0 saturated heterocycles. The van der Waals surface area contributed by atoms with Crippen LogP contribution in [0.1, 0.15) is 34.7 Å². The van der Waals surface area contributed by atoms with E-state index in [-0.39, 0.29) is 17.8 Å². The smallest absolute Gasteiger partial charge is 0.319 e. The number of fused-ring (bicyclic) bond motifs is 1. The van der Waals surface area contributed by atoms with E-state index in [1.165, 1.54) is 6.20 Å². The van der Waals surface area contributed by atoms with Crippen molar-refractivity contribution < 1.29 is 14.4 Å². The van der Waals surface area contributed by atoms with Crippen molar-refractivity contribution in [1.29, 1.82) is 0 Å². The molecule has 7 nitrogen and oxygen atoms in total. The van der Waals surface area contributed by atoms with Gasteiger partial charge in [0.15, 0.2) is 0 Å². The number of nitrogens with one attached hydrogen (secondary N) is 2. The van der Waals surface area contributed by atoms with Crippen LogP contribution < -0.4 is 15.5 Å². The highest BCUT2D eigenvalue weighted by atomic mass is 16.2. The SMILES string of the molecule is CC(C)NC(=O)Nc1ccc(N2C(=O)c3cccnc3C2=O)cc1. The minimum atomic E-state index is -0.450. The molecule has 1 aromatic heterocycles. The Morgan fingerprint density at radius 3 is 2.42 bits per heavy atom. The molecule has 4 amide bonds. The summed E-state index contributed by atoms with van der Waals surface area (Å²) >= 11 is 0. The number of carbonyl (C=O) groups excluding carboxylic acids is 3. The average molecular weight is 324 g/mol. The zero-order valence-electron chi connectivity index (χ0n) is 13.2. The minimum Gasteiger partial charge on any atom is -0.336 e. The first-order valence-electron chi connectivity index (χ1n) is 7.49. The number of hydrogen-bond acceptors (Lipinski definition) is 4. The monoisotopic (exact) mass is 324 g/mol. The summed E-state index contributed by atoms with van der Waals surface area (Å²) in [6.07, 6.45) is 1.48. The highest BCUT2D eigenvalue weighted by molar-refractivity contribution is 6.33. The van der Waals surface area contributed by atoms with Crippen LogP contribution in [-0.4, -0.2) is 28.9 Å². The fraction of sp³-hybridized carbons (Fsp3) is 0.176. The highest BCUT2D eigenvalue weighted by Crippen LogP contribution is 2.27. The number of amides is 4. The molecule has 2 heterocycles. The van der Waals surface area contributed by atoms with Gasteiger partial charge in [0.2, 0.25) is 0 Å².